The van der Waals surface area contributed by atoms with Gasteiger partial charge in [0, 0.05) is 24.7 Å². The number of nitrogens with zero attached hydrogens (tertiary/aromatic N) is 1. The average molecular weight is 281 g/mol. The molecule has 0 radical (unpaired) electrons. The van der Waals surface area contributed by atoms with E-state index in [0.29, 0.717) is 6.29 Å². The van der Waals surface area contributed by atoms with Crippen LogP contribution in [0.25, 0.3) is 0 Å². The van der Waals surface area contributed by atoms with Crippen LogP contribution in [0.4, 0.5) is 0 Å². The molecule has 0 aromatic rings. The SMILES string of the molecule is CCOP(=O)(CC(C)(CCC=O)[N+](=O)[O-])OCC. The van der Waals surface area contributed by atoms with Gasteiger partial charge in [0.25, 0.3) is 0 Å². The van der Waals surface area contributed by atoms with Gasteiger partial charge in [-0.05, 0) is 13.8 Å². The monoisotopic (exact) mass is 281 g/mol. The fraction of sp³-hybridized carbons (Fsp3) is 0.900. The molecule has 0 saturated heterocycles. The largest absolute Gasteiger partial charge is 0.337 e. The molecular weight excluding hydrogens is 261 g/mol. The van der Waals surface area contributed by atoms with Crippen molar-refractivity contribution in [3.8, 4) is 0 Å². The maximum Gasteiger partial charge on any atom is 0.337 e. The lowest BCUT2D eigenvalue weighted by Gasteiger charge is -2.25. The van der Waals surface area contributed by atoms with Crippen LogP contribution in [0.3, 0.4) is 0 Å². The predicted molar refractivity (Wildman–Crippen MR) is 66.4 cm³/mol. The van der Waals surface area contributed by atoms with Gasteiger partial charge in [0.15, 0.2) is 0 Å². The van der Waals surface area contributed by atoms with Gasteiger partial charge in [-0.1, -0.05) is 0 Å². The molecule has 7 nitrogen and oxygen atoms in total. The molecule has 0 bridgehead atoms. The number of carbonyl (C=O) groups excluding carboxylic acids is 1. The van der Waals surface area contributed by atoms with E-state index in [1.54, 1.807) is 13.8 Å². The Hall–Kier alpha value is -0.780. The van der Waals surface area contributed by atoms with Crippen molar-refractivity contribution in [3.05, 3.63) is 10.1 Å². The lowest BCUT2D eigenvalue weighted by Crippen LogP contribution is -2.39. The maximum atomic E-state index is 12.3. The molecule has 8 heteroatoms. The number of carbonyl (C=O) groups is 1. The first-order chi connectivity index (χ1) is 8.33. The van der Waals surface area contributed by atoms with Crippen molar-refractivity contribution in [2.75, 3.05) is 19.4 Å². The molecule has 1 unspecified atom stereocenters. The standard InChI is InChI=1S/C10H20NO6P/c1-4-16-18(15,17-5-2)9-10(3,11(13)14)7-6-8-12/h8H,4-7,9H2,1-3H3. The molecule has 0 aromatic carbocycles. The highest BCUT2D eigenvalue weighted by Crippen LogP contribution is 2.51. The first-order valence-electron chi connectivity index (χ1n) is 5.80. The summed E-state index contributed by atoms with van der Waals surface area (Å²) in [5.41, 5.74) is -1.49. The Morgan fingerprint density at radius 3 is 2.17 bits per heavy atom. The molecule has 0 aliphatic rings. The number of hydrogen-bond acceptors (Lipinski definition) is 6. The van der Waals surface area contributed by atoms with Crippen LogP contribution in [0.1, 0.15) is 33.6 Å². The Morgan fingerprint density at radius 2 is 1.83 bits per heavy atom. The van der Waals surface area contributed by atoms with Crippen molar-refractivity contribution in [2.24, 2.45) is 0 Å². The highest BCUT2D eigenvalue weighted by Gasteiger charge is 2.45. The van der Waals surface area contributed by atoms with Crippen molar-refractivity contribution < 1.29 is 23.3 Å². The minimum Gasteiger partial charge on any atom is -0.309 e. The molecule has 0 aliphatic heterocycles. The normalized spacial score (nSPS) is 15.1. The summed E-state index contributed by atoms with van der Waals surface area (Å²) in [6, 6.07) is 0. The highest BCUT2D eigenvalue weighted by atomic mass is 31.2. The first kappa shape index (κ1) is 17.2. The first-order valence-corrected chi connectivity index (χ1v) is 7.52. The van der Waals surface area contributed by atoms with E-state index < -0.39 is 18.1 Å². The van der Waals surface area contributed by atoms with Crippen molar-refractivity contribution in [1.29, 1.82) is 0 Å². The molecule has 0 heterocycles. The zero-order valence-electron chi connectivity index (χ0n) is 11.0. The van der Waals surface area contributed by atoms with Gasteiger partial charge in [0.2, 0.25) is 5.54 Å². The Balaban J connectivity index is 4.97. The smallest absolute Gasteiger partial charge is 0.309 e. The lowest BCUT2D eigenvalue weighted by atomic mass is 10.00. The second-order valence-electron chi connectivity index (χ2n) is 4.06. The Kier molecular flexibility index (Phi) is 7.28. The minimum atomic E-state index is -3.49. The van der Waals surface area contributed by atoms with E-state index in [0.717, 1.165) is 0 Å². The van der Waals surface area contributed by atoms with Gasteiger partial charge in [-0.3, -0.25) is 14.7 Å². The molecule has 0 rings (SSSR count). The van der Waals surface area contributed by atoms with Crippen LogP contribution in [0, 0.1) is 10.1 Å². The van der Waals surface area contributed by atoms with Crippen LogP contribution in [-0.4, -0.2) is 36.1 Å². The predicted octanol–water partition coefficient (Wildman–Crippen LogP) is 2.27. The minimum absolute atomic E-state index is 0.00758. The second-order valence-corrected chi connectivity index (χ2v) is 6.12. The summed E-state index contributed by atoms with van der Waals surface area (Å²) in [5, 5.41) is 11.1. The Morgan fingerprint density at radius 1 is 1.33 bits per heavy atom. The van der Waals surface area contributed by atoms with Gasteiger partial charge in [0.05, 0.1) is 13.2 Å². The van der Waals surface area contributed by atoms with E-state index in [-0.39, 0.29) is 32.2 Å². The number of aldehydes is 1. The zero-order chi connectivity index (χ0) is 14.2. The van der Waals surface area contributed by atoms with E-state index in [1.165, 1.54) is 6.92 Å². The zero-order valence-corrected chi connectivity index (χ0v) is 11.9. The van der Waals surface area contributed by atoms with E-state index in [2.05, 4.69) is 0 Å². The van der Waals surface area contributed by atoms with Crippen molar-refractivity contribution in [3.63, 3.8) is 0 Å². The van der Waals surface area contributed by atoms with E-state index in [4.69, 9.17) is 9.05 Å². The van der Waals surface area contributed by atoms with E-state index in [9.17, 15) is 19.5 Å². The van der Waals surface area contributed by atoms with Crippen LogP contribution in [0.5, 0.6) is 0 Å². The second kappa shape index (κ2) is 7.61. The molecule has 0 N–H and O–H groups in total. The fourth-order valence-electron chi connectivity index (χ4n) is 1.54. The van der Waals surface area contributed by atoms with Gasteiger partial charge in [-0.15, -0.1) is 0 Å². The van der Waals surface area contributed by atoms with Crippen LogP contribution < -0.4 is 0 Å². The molecule has 0 amide bonds. The van der Waals surface area contributed by atoms with Crippen molar-refractivity contribution in [1.82, 2.24) is 0 Å². The highest BCUT2D eigenvalue weighted by molar-refractivity contribution is 7.53. The topological polar surface area (TPSA) is 95.7 Å². The Labute approximate surface area is 107 Å². The molecule has 18 heavy (non-hydrogen) atoms. The molecule has 0 spiro atoms. The molecule has 106 valence electrons. The fourth-order valence-corrected chi connectivity index (χ4v) is 3.69. The van der Waals surface area contributed by atoms with Gasteiger partial charge in [-0.25, -0.2) is 0 Å². The lowest BCUT2D eigenvalue weighted by molar-refractivity contribution is -0.560. The van der Waals surface area contributed by atoms with Gasteiger partial charge in [0.1, 0.15) is 12.4 Å². The van der Waals surface area contributed by atoms with E-state index >= 15 is 0 Å². The molecule has 0 fully saturated rings. The number of rotatable bonds is 10. The van der Waals surface area contributed by atoms with Gasteiger partial charge in [-0.2, -0.15) is 0 Å². The average Bonchev–Trinajstić information content (AvgIpc) is 2.26. The van der Waals surface area contributed by atoms with E-state index in [1.807, 2.05) is 0 Å². The van der Waals surface area contributed by atoms with Crippen LogP contribution in [0.15, 0.2) is 0 Å². The van der Waals surface area contributed by atoms with Crippen LogP contribution >= 0.6 is 7.60 Å². The third-order valence-electron chi connectivity index (χ3n) is 2.43. The number of hydrogen-bond donors (Lipinski definition) is 0. The summed E-state index contributed by atoms with van der Waals surface area (Å²) in [6.07, 6.45) is 0.319. The van der Waals surface area contributed by atoms with Crippen LogP contribution in [0.2, 0.25) is 0 Å². The molecule has 0 saturated carbocycles. The third-order valence-corrected chi connectivity index (χ3v) is 4.80. The van der Waals surface area contributed by atoms with Crippen molar-refractivity contribution in [2.45, 2.75) is 39.2 Å². The quantitative estimate of drug-likeness (QED) is 0.264. The van der Waals surface area contributed by atoms with Gasteiger partial charge < -0.3 is 13.8 Å². The molecule has 1 atom stereocenters. The maximum absolute atomic E-state index is 12.3. The van der Waals surface area contributed by atoms with Crippen molar-refractivity contribution >= 4 is 13.9 Å². The summed E-state index contributed by atoms with van der Waals surface area (Å²) in [5.74, 6) is 0. The molecule has 0 aliphatic carbocycles. The number of nitro groups is 1. The van der Waals surface area contributed by atoms with Crippen LogP contribution in [-0.2, 0) is 18.4 Å². The molecular formula is C10H20NO6P. The molecule has 0 aromatic heterocycles. The van der Waals surface area contributed by atoms with Gasteiger partial charge >= 0.3 is 7.60 Å². The summed E-state index contributed by atoms with van der Waals surface area (Å²) in [4.78, 5) is 20.9. The summed E-state index contributed by atoms with van der Waals surface area (Å²) in [6.45, 7) is 4.93. The Bertz CT molecular complexity index is 324. The third kappa shape index (κ3) is 5.25. The summed E-state index contributed by atoms with van der Waals surface area (Å²) >= 11 is 0. The summed E-state index contributed by atoms with van der Waals surface area (Å²) < 4.78 is 22.3. The summed E-state index contributed by atoms with van der Waals surface area (Å²) in [7, 11) is -3.49.